The predicted octanol–water partition coefficient (Wildman–Crippen LogP) is 4.32. The Labute approximate surface area is 130 Å². The van der Waals surface area contributed by atoms with E-state index in [9.17, 15) is 0 Å². The Bertz CT molecular complexity index is 962. The zero-order valence-corrected chi connectivity index (χ0v) is 14.0. The van der Waals surface area contributed by atoms with Crippen molar-refractivity contribution in [3.8, 4) is 5.69 Å². The zero-order chi connectivity index (χ0) is 15.3. The highest BCUT2D eigenvalue weighted by Gasteiger charge is 2.23. The van der Waals surface area contributed by atoms with Crippen molar-refractivity contribution in [1.29, 1.82) is 0 Å². The lowest BCUT2D eigenvalue weighted by atomic mass is 10.1. The lowest BCUT2D eigenvalue weighted by molar-refractivity contribution is 0.662. The number of rotatable bonds is 2. The molecule has 0 fully saturated rings. The summed E-state index contributed by atoms with van der Waals surface area (Å²) in [5.41, 5.74) is 2.86. The number of hydrogen-bond acceptors (Lipinski definition) is 2. The first-order chi connectivity index (χ1) is 10.6. The van der Waals surface area contributed by atoms with Crippen molar-refractivity contribution in [2.75, 3.05) is 0 Å². The van der Waals surface area contributed by atoms with Gasteiger partial charge in [-0.3, -0.25) is 0 Å². The highest BCUT2D eigenvalue weighted by atomic mass is 28.3. The highest BCUT2D eigenvalue weighted by molar-refractivity contribution is 6.90. The molecule has 2 heterocycles. The van der Waals surface area contributed by atoms with Gasteiger partial charge in [-0.2, -0.15) is 5.10 Å². The van der Waals surface area contributed by atoms with Crippen molar-refractivity contribution >= 4 is 35.2 Å². The Balaban J connectivity index is 2.14. The zero-order valence-electron chi connectivity index (χ0n) is 13.0. The predicted molar refractivity (Wildman–Crippen MR) is 93.8 cm³/mol. The van der Waals surface area contributed by atoms with Crippen LogP contribution in [0.4, 0.5) is 0 Å². The lowest BCUT2D eigenvalue weighted by Crippen LogP contribution is -2.37. The van der Waals surface area contributed by atoms with Gasteiger partial charge in [-0.25, -0.2) is 4.68 Å². The molecular weight excluding hydrogens is 288 g/mol. The summed E-state index contributed by atoms with van der Waals surface area (Å²) in [5.74, 6) is 0. The van der Waals surface area contributed by atoms with Crippen LogP contribution in [0.15, 0.2) is 59.3 Å². The van der Waals surface area contributed by atoms with Crippen LogP contribution in [0.25, 0.3) is 27.6 Å². The molecule has 0 saturated heterocycles. The van der Waals surface area contributed by atoms with E-state index >= 15 is 0 Å². The number of fused-ring (bicyclic) bond motifs is 3. The Morgan fingerprint density at radius 3 is 2.55 bits per heavy atom. The molecule has 0 aliphatic carbocycles. The number of para-hydroxylation sites is 1. The van der Waals surface area contributed by atoms with Gasteiger partial charge < -0.3 is 4.42 Å². The van der Waals surface area contributed by atoms with Gasteiger partial charge in [-0.05, 0) is 23.4 Å². The molecule has 3 nitrogen and oxygen atoms in total. The third-order valence-corrected chi connectivity index (χ3v) is 6.09. The van der Waals surface area contributed by atoms with E-state index in [0.29, 0.717) is 0 Å². The Morgan fingerprint density at radius 1 is 1.00 bits per heavy atom. The minimum Gasteiger partial charge on any atom is -0.454 e. The quantitative estimate of drug-likeness (QED) is 0.516. The van der Waals surface area contributed by atoms with E-state index in [0.717, 1.165) is 16.9 Å². The van der Waals surface area contributed by atoms with Gasteiger partial charge in [0, 0.05) is 23.2 Å². The van der Waals surface area contributed by atoms with Gasteiger partial charge in [0.15, 0.2) is 5.58 Å². The van der Waals surface area contributed by atoms with E-state index in [2.05, 4.69) is 55.1 Å². The molecule has 0 bridgehead atoms. The second-order valence-corrected chi connectivity index (χ2v) is 11.7. The maximum atomic E-state index is 6.20. The summed E-state index contributed by atoms with van der Waals surface area (Å²) in [4.78, 5) is 0. The van der Waals surface area contributed by atoms with Crippen LogP contribution in [0.5, 0.6) is 0 Å². The van der Waals surface area contributed by atoms with Gasteiger partial charge in [0.1, 0.15) is 11.3 Å². The maximum absolute atomic E-state index is 6.20. The number of hydrogen-bond donors (Lipinski definition) is 0. The van der Waals surface area contributed by atoms with Crippen LogP contribution in [-0.4, -0.2) is 17.9 Å². The van der Waals surface area contributed by atoms with Crippen LogP contribution in [0.1, 0.15) is 0 Å². The van der Waals surface area contributed by atoms with Gasteiger partial charge >= 0.3 is 0 Å². The third-order valence-electron chi connectivity index (χ3n) is 4.06. The molecule has 110 valence electrons. The molecule has 0 unspecified atom stereocenters. The van der Waals surface area contributed by atoms with Crippen molar-refractivity contribution in [3.05, 3.63) is 54.9 Å². The second-order valence-electron chi connectivity index (χ2n) is 6.64. The van der Waals surface area contributed by atoms with Gasteiger partial charge in [0.25, 0.3) is 0 Å². The standard InChI is InChI=1S/C18H18N2OSi/c1-22(2,3)16-10-5-9-15-17(16)13-7-4-8-14(18(13)21-15)20-12-6-11-19-20/h4-12H,1-3H3. The molecule has 4 rings (SSSR count). The summed E-state index contributed by atoms with van der Waals surface area (Å²) in [6.45, 7) is 7.12. The van der Waals surface area contributed by atoms with Gasteiger partial charge in [-0.1, -0.05) is 43.9 Å². The smallest absolute Gasteiger partial charge is 0.161 e. The second kappa shape index (κ2) is 4.58. The number of furan rings is 1. The fourth-order valence-electron chi connectivity index (χ4n) is 3.05. The third kappa shape index (κ3) is 1.91. The van der Waals surface area contributed by atoms with Crippen LogP contribution in [-0.2, 0) is 0 Å². The van der Waals surface area contributed by atoms with Crippen LogP contribution in [0.3, 0.4) is 0 Å². The summed E-state index contributed by atoms with van der Waals surface area (Å²) < 4.78 is 8.06. The normalized spacial score (nSPS) is 12.3. The summed E-state index contributed by atoms with van der Waals surface area (Å²) in [5, 5.41) is 8.24. The number of aromatic nitrogens is 2. The summed E-state index contributed by atoms with van der Waals surface area (Å²) >= 11 is 0. The maximum Gasteiger partial charge on any atom is 0.161 e. The fourth-order valence-corrected chi connectivity index (χ4v) is 4.65. The van der Waals surface area contributed by atoms with Crippen molar-refractivity contribution < 1.29 is 4.42 Å². The topological polar surface area (TPSA) is 31.0 Å². The van der Waals surface area contributed by atoms with Crippen molar-refractivity contribution in [2.24, 2.45) is 0 Å². The van der Waals surface area contributed by atoms with Crippen molar-refractivity contribution in [1.82, 2.24) is 9.78 Å². The molecule has 22 heavy (non-hydrogen) atoms. The molecule has 2 aromatic carbocycles. The molecule has 0 radical (unpaired) electrons. The van der Waals surface area contributed by atoms with Gasteiger partial charge in [0.05, 0.1) is 8.07 Å². The number of nitrogens with zero attached hydrogens (tertiary/aromatic N) is 2. The summed E-state index contributed by atoms with van der Waals surface area (Å²) in [6, 6.07) is 14.6. The Kier molecular flexibility index (Phi) is 2.78. The fraction of sp³-hybridized carbons (Fsp3) is 0.167. The van der Waals surface area contributed by atoms with Crippen molar-refractivity contribution in [3.63, 3.8) is 0 Å². The first-order valence-corrected chi connectivity index (χ1v) is 11.0. The molecule has 0 spiro atoms. The first kappa shape index (κ1) is 13.3. The Hall–Kier alpha value is -2.33. The Morgan fingerprint density at radius 2 is 1.82 bits per heavy atom. The number of benzene rings is 2. The SMILES string of the molecule is C[Si](C)(C)c1cccc2oc3c(-n4cccn4)cccc3c12. The molecule has 0 N–H and O–H groups in total. The summed E-state index contributed by atoms with van der Waals surface area (Å²) in [7, 11) is -1.44. The van der Waals surface area contributed by atoms with E-state index < -0.39 is 8.07 Å². The monoisotopic (exact) mass is 306 g/mol. The molecule has 0 saturated carbocycles. The average Bonchev–Trinajstić information content (AvgIpc) is 3.12. The van der Waals surface area contributed by atoms with Gasteiger partial charge in [0.2, 0.25) is 0 Å². The molecule has 0 aliphatic heterocycles. The minimum absolute atomic E-state index is 0.909. The van der Waals surface area contributed by atoms with Crippen LogP contribution >= 0.6 is 0 Å². The minimum atomic E-state index is -1.44. The van der Waals surface area contributed by atoms with E-state index in [1.165, 1.54) is 16.0 Å². The van der Waals surface area contributed by atoms with E-state index in [1.807, 2.05) is 23.0 Å². The molecular formula is C18H18N2OSi. The highest BCUT2D eigenvalue weighted by Crippen LogP contribution is 2.32. The van der Waals surface area contributed by atoms with E-state index in [-0.39, 0.29) is 0 Å². The van der Waals surface area contributed by atoms with Crippen LogP contribution < -0.4 is 5.19 Å². The average molecular weight is 306 g/mol. The largest absolute Gasteiger partial charge is 0.454 e. The lowest BCUT2D eigenvalue weighted by Gasteiger charge is -2.17. The van der Waals surface area contributed by atoms with Gasteiger partial charge in [-0.15, -0.1) is 0 Å². The molecule has 4 aromatic rings. The molecule has 0 aliphatic rings. The van der Waals surface area contributed by atoms with E-state index in [4.69, 9.17) is 4.42 Å². The van der Waals surface area contributed by atoms with Crippen molar-refractivity contribution in [2.45, 2.75) is 19.6 Å². The molecule has 0 atom stereocenters. The molecule has 2 aromatic heterocycles. The van der Waals surface area contributed by atoms with Crippen LogP contribution in [0, 0.1) is 0 Å². The molecule has 4 heteroatoms. The summed E-state index contributed by atoms with van der Waals surface area (Å²) in [6.07, 6.45) is 3.73. The van der Waals surface area contributed by atoms with Crippen LogP contribution in [0.2, 0.25) is 19.6 Å². The molecule has 0 amide bonds. The van der Waals surface area contributed by atoms with E-state index in [1.54, 1.807) is 6.20 Å². The first-order valence-electron chi connectivity index (χ1n) is 7.50.